The van der Waals surface area contributed by atoms with Crippen LogP contribution in [0.2, 0.25) is 0 Å². The van der Waals surface area contributed by atoms with E-state index in [4.69, 9.17) is 5.73 Å². The fourth-order valence-electron chi connectivity index (χ4n) is 1.77. The highest BCUT2D eigenvalue weighted by atomic mass is 79.9. The molecule has 0 saturated heterocycles. The van der Waals surface area contributed by atoms with E-state index in [0.717, 1.165) is 0 Å². The molecule has 3 nitrogen and oxygen atoms in total. The van der Waals surface area contributed by atoms with Crippen LogP contribution in [0.25, 0.3) is 0 Å². The van der Waals surface area contributed by atoms with Crippen molar-refractivity contribution in [1.82, 2.24) is 4.90 Å². The first-order chi connectivity index (χ1) is 6.70. The second-order valence-electron chi connectivity index (χ2n) is 3.69. The standard InChI is InChI=1S/C11H15N3.BrH/c1-8-10(13-11(12)14(8)2)9-6-4-3-5-7-9;/h3-8,10H,1-2H3,(H2,12,13);1H/t8-,10+;/m1./s1. The van der Waals surface area contributed by atoms with Gasteiger partial charge in [0.15, 0.2) is 5.96 Å². The summed E-state index contributed by atoms with van der Waals surface area (Å²) >= 11 is 0. The molecule has 0 radical (unpaired) electrons. The SMILES string of the molecule is Br.C[C@@H]1[C@@H](c2ccccc2)N=C(N)N1C. The quantitative estimate of drug-likeness (QED) is 0.847. The van der Waals surface area contributed by atoms with Gasteiger partial charge in [-0.05, 0) is 12.5 Å². The molecular formula is C11H16BrN3. The third-order valence-corrected chi connectivity index (χ3v) is 2.84. The van der Waals surface area contributed by atoms with E-state index in [1.54, 1.807) is 0 Å². The minimum absolute atomic E-state index is 0. The van der Waals surface area contributed by atoms with Crippen molar-refractivity contribution >= 4 is 22.9 Å². The Bertz CT molecular complexity index is 350. The molecule has 0 aromatic heterocycles. The molecule has 1 aliphatic rings. The normalized spacial score (nSPS) is 24.7. The highest BCUT2D eigenvalue weighted by Crippen LogP contribution is 2.28. The fraction of sp³-hybridized carbons (Fsp3) is 0.364. The molecule has 2 N–H and O–H groups in total. The molecule has 0 unspecified atom stereocenters. The molecule has 0 spiro atoms. The lowest BCUT2D eigenvalue weighted by molar-refractivity contribution is 0.378. The van der Waals surface area contributed by atoms with Gasteiger partial charge in [-0.3, -0.25) is 0 Å². The Morgan fingerprint density at radius 1 is 1.27 bits per heavy atom. The molecule has 0 fully saturated rings. The van der Waals surface area contributed by atoms with E-state index in [-0.39, 0.29) is 23.0 Å². The monoisotopic (exact) mass is 269 g/mol. The lowest BCUT2D eigenvalue weighted by atomic mass is 10.0. The van der Waals surface area contributed by atoms with Crippen LogP contribution in [-0.4, -0.2) is 23.9 Å². The van der Waals surface area contributed by atoms with Gasteiger partial charge in [-0.15, -0.1) is 17.0 Å². The Kier molecular flexibility index (Phi) is 3.74. The van der Waals surface area contributed by atoms with Crippen molar-refractivity contribution in [1.29, 1.82) is 0 Å². The number of halogens is 1. The third-order valence-electron chi connectivity index (χ3n) is 2.84. The first-order valence-corrected chi connectivity index (χ1v) is 4.81. The van der Waals surface area contributed by atoms with E-state index in [9.17, 15) is 0 Å². The second kappa shape index (κ2) is 4.66. The van der Waals surface area contributed by atoms with Crippen molar-refractivity contribution in [2.24, 2.45) is 10.7 Å². The summed E-state index contributed by atoms with van der Waals surface area (Å²) < 4.78 is 0. The molecule has 1 heterocycles. The fourth-order valence-corrected chi connectivity index (χ4v) is 1.77. The average Bonchev–Trinajstić information content (AvgIpc) is 2.47. The van der Waals surface area contributed by atoms with Crippen molar-refractivity contribution in [2.45, 2.75) is 19.0 Å². The predicted octanol–water partition coefficient (Wildman–Crippen LogP) is 1.95. The largest absolute Gasteiger partial charge is 0.370 e. The molecule has 1 aliphatic heterocycles. The average molecular weight is 270 g/mol. The van der Waals surface area contributed by atoms with Crippen LogP contribution >= 0.6 is 17.0 Å². The number of rotatable bonds is 1. The van der Waals surface area contributed by atoms with Crippen LogP contribution in [0.3, 0.4) is 0 Å². The summed E-state index contributed by atoms with van der Waals surface area (Å²) in [5.41, 5.74) is 7.00. The molecule has 0 bridgehead atoms. The van der Waals surface area contributed by atoms with Crippen LogP contribution in [0.5, 0.6) is 0 Å². The lowest BCUT2D eigenvalue weighted by Crippen LogP contribution is -2.35. The van der Waals surface area contributed by atoms with Crippen molar-refractivity contribution in [3.63, 3.8) is 0 Å². The van der Waals surface area contributed by atoms with E-state index >= 15 is 0 Å². The van der Waals surface area contributed by atoms with Crippen molar-refractivity contribution in [3.8, 4) is 0 Å². The van der Waals surface area contributed by atoms with Gasteiger partial charge in [0.1, 0.15) is 0 Å². The number of aliphatic imine (C=N–C) groups is 1. The van der Waals surface area contributed by atoms with Gasteiger partial charge in [0, 0.05) is 7.05 Å². The zero-order valence-corrected chi connectivity index (χ0v) is 10.6. The Morgan fingerprint density at radius 2 is 1.87 bits per heavy atom. The number of guanidine groups is 1. The summed E-state index contributed by atoms with van der Waals surface area (Å²) in [6, 6.07) is 10.8. The molecule has 4 heteroatoms. The highest BCUT2D eigenvalue weighted by molar-refractivity contribution is 8.93. The molecular weight excluding hydrogens is 254 g/mol. The van der Waals surface area contributed by atoms with Gasteiger partial charge in [0.25, 0.3) is 0 Å². The van der Waals surface area contributed by atoms with E-state index in [1.165, 1.54) is 5.56 Å². The maximum Gasteiger partial charge on any atom is 0.192 e. The number of nitrogens with two attached hydrogens (primary N) is 1. The van der Waals surface area contributed by atoms with Crippen LogP contribution in [0.15, 0.2) is 35.3 Å². The molecule has 1 aromatic rings. The third kappa shape index (κ3) is 2.15. The molecule has 0 saturated carbocycles. The molecule has 2 rings (SSSR count). The van der Waals surface area contributed by atoms with Gasteiger partial charge >= 0.3 is 0 Å². The van der Waals surface area contributed by atoms with E-state index in [1.807, 2.05) is 30.1 Å². The number of nitrogens with zero attached hydrogens (tertiary/aromatic N) is 2. The summed E-state index contributed by atoms with van der Waals surface area (Å²) in [4.78, 5) is 6.45. The molecule has 0 aliphatic carbocycles. The van der Waals surface area contributed by atoms with E-state index in [2.05, 4.69) is 24.0 Å². The highest BCUT2D eigenvalue weighted by Gasteiger charge is 2.29. The molecule has 15 heavy (non-hydrogen) atoms. The lowest BCUT2D eigenvalue weighted by Gasteiger charge is -2.21. The first kappa shape index (κ1) is 12.0. The van der Waals surface area contributed by atoms with Gasteiger partial charge in [-0.2, -0.15) is 0 Å². The summed E-state index contributed by atoms with van der Waals surface area (Å²) in [6.45, 7) is 2.14. The van der Waals surface area contributed by atoms with E-state index < -0.39 is 0 Å². The predicted molar refractivity (Wildman–Crippen MR) is 68.4 cm³/mol. The van der Waals surface area contributed by atoms with Crippen LogP contribution in [0, 0.1) is 0 Å². The van der Waals surface area contributed by atoms with Gasteiger partial charge in [0.2, 0.25) is 0 Å². The topological polar surface area (TPSA) is 41.6 Å². The molecule has 0 amide bonds. The van der Waals surface area contributed by atoms with Gasteiger partial charge in [-0.1, -0.05) is 30.3 Å². The van der Waals surface area contributed by atoms with Crippen LogP contribution in [0.4, 0.5) is 0 Å². The maximum atomic E-state index is 5.77. The van der Waals surface area contributed by atoms with Crippen molar-refractivity contribution in [2.75, 3.05) is 7.05 Å². The Labute approximate surface area is 101 Å². The zero-order chi connectivity index (χ0) is 10.1. The number of hydrogen-bond donors (Lipinski definition) is 1. The summed E-state index contributed by atoms with van der Waals surface area (Å²) in [7, 11) is 1.98. The smallest absolute Gasteiger partial charge is 0.192 e. The second-order valence-corrected chi connectivity index (χ2v) is 3.69. The maximum absolute atomic E-state index is 5.77. The zero-order valence-electron chi connectivity index (χ0n) is 8.92. The van der Waals surface area contributed by atoms with Crippen LogP contribution in [0.1, 0.15) is 18.5 Å². The number of hydrogen-bond acceptors (Lipinski definition) is 3. The molecule has 82 valence electrons. The summed E-state index contributed by atoms with van der Waals surface area (Å²) in [5.74, 6) is 0.631. The van der Waals surface area contributed by atoms with Gasteiger partial charge in [0.05, 0.1) is 12.1 Å². The minimum atomic E-state index is 0. The summed E-state index contributed by atoms with van der Waals surface area (Å²) in [6.07, 6.45) is 0. The Hall–Kier alpha value is -1.03. The van der Waals surface area contributed by atoms with E-state index in [0.29, 0.717) is 12.0 Å². The van der Waals surface area contributed by atoms with Crippen molar-refractivity contribution in [3.05, 3.63) is 35.9 Å². The first-order valence-electron chi connectivity index (χ1n) is 4.81. The Balaban J connectivity index is 0.00000112. The van der Waals surface area contributed by atoms with Crippen molar-refractivity contribution < 1.29 is 0 Å². The Morgan fingerprint density at radius 3 is 2.33 bits per heavy atom. The van der Waals surface area contributed by atoms with Gasteiger partial charge in [-0.25, -0.2) is 4.99 Å². The molecule has 1 aromatic carbocycles. The van der Waals surface area contributed by atoms with Crippen LogP contribution < -0.4 is 5.73 Å². The van der Waals surface area contributed by atoms with Crippen LogP contribution in [-0.2, 0) is 0 Å². The number of likely N-dealkylation sites (N-methyl/N-ethyl adjacent to an activating group) is 1. The summed E-state index contributed by atoms with van der Waals surface area (Å²) in [5, 5.41) is 0. The number of benzene rings is 1. The minimum Gasteiger partial charge on any atom is -0.370 e. The molecule has 2 atom stereocenters. The van der Waals surface area contributed by atoms with Gasteiger partial charge < -0.3 is 10.6 Å².